The Bertz CT molecular complexity index is 717. The summed E-state index contributed by atoms with van der Waals surface area (Å²) in [5.41, 5.74) is 0.486. The number of hydrogen-bond donors (Lipinski definition) is 1. The molecule has 2 rings (SSSR count). The van der Waals surface area contributed by atoms with Crippen LogP contribution in [0.15, 0.2) is 18.2 Å². The first-order valence-electron chi connectivity index (χ1n) is 6.99. The number of aryl methyl sites for hydroxylation is 2. The fourth-order valence-corrected chi connectivity index (χ4v) is 2.70. The third-order valence-corrected chi connectivity index (χ3v) is 3.81. The molecule has 0 bridgehead atoms. The van der Waals surface area contributed by atoms with Crippen LogP contribution in [0.5, 0.6) is 5.75 Å². The molecule has 0 fully saturated rings. The lowest BCUT2D eigenvalue weighted by Gasteiger charge is -2.06. The van der Waals surface area contributed by atoms with Crippen LogP contribution < -0.4 is 10.1 Å². The number of nitro groups is 1. The molecule has 0 radical (unpaired) electrons. The minimum atomic E-state index is -0.463. The van der Waals surface area contributed by atoms with E-state index >= 15 is 0 Å². The summed E-state index contributed by atoms with van der Waals surface area (Å²) in [6.07, 6.45) is 1.79. The highest BCUT2D eigenvalue weighted by molar-refractivity contribution is 7.15. The van der Waals surface area contributed by atoms with Crippen LogP contribution in [0.1, 0.15) is 23.9 Å². The van der Waals surface area contributed by atoms with Gasteiger partial charge in [0.25, 0.3) is 11.6 Å². The van der Waals surface area contributed by atoms with Crippen LogP contribution in [0.2, 0.25) is 0 Å². The van der Waals surface area contributed by atoms with Crippen LogP contribution in [0.3, 0.4) is 0 Å². The maximum absolute atomic E-state index is 11.8. The lowest BCUT2D eigenvalue weighted by atomic mass is 10.2. The number of benzene rings is 1. The highest BCUT2D eigenvalue weighted by Crippen LogP contribution is 2.23. The van der Waals surface area contributed by atoms with Gasteiger partial charge in [0, 0.05) is 18.1 Å². The SMILES string of the molecule is CCCc1nnc(NC(=O)COc2ccc([N+](=O)[O-])c(C)c2)s1. The quantitative estimate of drug-likeness (QED) is 0.615. The zero-order valence-corrected chi connectivity index (χ0v) is 13.6. The number of amides is 1. The Morgan fingerprint density at radius 3 is 2.87 bits per heavy atom. The predicted octanol–water partition coefficient (Wildman–Crippen LogP) is 2.72. The fourth-order valence-electron chi connectivity index (χ4n) is 1.85. The van der Waals surface area contributed by atoms with E-state index in [1.54, 1.807) is 6.92 Å². The van der Waals surface area contributed by atoms with E-state index in [9.17, 15) is 14.9 Å². The third-order valence-electron chi connectivity index (χ3n) is 2.91. The summed E-state index contributed by atoms with van der Waals surface area (Å²) in [5.74, 6) is 0.0346. The summed E-state index contributed by atoms with van der Waals surface area (Å²) in [6, 6.07) is 4.34. The van der Waals surface area contributed by atoms with Crippen LogP contribution in [0.25, 0.3) is 0 Å². The molecule has 0 aliphatic rings. The van der Waals surface area contributed by atoms with Gasteiger partial charge in [-0.1, -0.05) is 18.3 Å². The molecule has 0 aliphatic heterocycles. The van der Waals surface area contributed by atoms with Crippen molar-refractivity contribution in [3.8, 4) is 5.75 Å². The lowest BCUT2D eigenvalue weighted by molar-refractivity contribution is -0.385. The molecule has 1 N–H and O–H groups in total. The molecular weight excluding hydrogens is 320 g/mol. The van der Waals surface area contributed by atoms with Crippen molar-refractivity contribution in [1.29, 1.82) is 0 Å². The summed E-state index contributed by atoms with van der Waals surface area (Å²) in [7, 11) is 0. The van der Waals surface area contributed by atoms with E-state index < -0.39 is 4.92 Å². The summed E-state index contributed by atoms with van der Waals surface area (Å²) in [5, 5.41) is 22.5. The molecule has 0 unspecified atom stereocenters. The van der Waals surface area contributed by atoms with Crippen LogP contribution in [-0.2, 0) is 11.2 Å². The number of rotatable bonds is 7. The monoisotopic (exact) mass is 336 g/mol. The number of carbonyl (C=O) groups is 1. The minimum absolute atomic E-state index is 0.0131. The number of anilines is 1. The van der Waals surface area contributed by atoms with Gasteiger partial charge in [0.2, 0.25) is 5.13 Å². The Labute approximate surface area is 136 Å². The second kappa shape index (κ2) is 7.63. The summed E-state index contributed by atoms with van der Waals surface area (Å²) >= 11 is 1.33. The standard InChI is InChI=1S/C14H16N4O4S/c1-3-4-13-16-17-14(23-13)15-12(19)8-22-10-5-6-11(18(20)21)9(2)7-10/h5-7H,3-4,8H2,1-2H3,(H,15,17,19). The molecule has 0 saturated carbocycles. The second-order valence-corrected chi connectivity index (χ2v) is 5.86. The second-order valence-electron chi connectivity index (χ2n) is 4.79. The molecular formula is C14H16N4O4S. The van der Waals surface area contributed by atoms with Crippen LogP contribution in [0, 0.1) is 17.0 Å². The number of carbonyl (C=O) groups excluding carboxylic acids is 1. The van der Waals surface area contributed by atoms with Gasteiger partial charge in [-0.15, -0.1) is 10.2 Å². The number of nitrogens with zero attached hydrogens (tertiary/aromatic N) is 3. The number of nitrogens with one attached hydrogen (secondary N) is 1. The fraction of sp³-hybridized carbons (Fsp3) is 0.357. The molecule has 0 aliphatic carbocycles. The van der Waals surface area contributed by atoms with Crippen molar-refractivity contribution in [1.82, 2.24) is 10.2 Å². The summed E-state index contributed by atoms with van der Waals surface area (Å²) in [4.78, 5) is 22.1. The Kier molecular flexibility index (Phi) is 5.58. The molecule has 0 atom stereocenters. The Morgan fingerprint density at radius 2 is 2.22 bits per heavy atom. The van der Waals surface area contributed by atoms with Crippen molar-refractivity contribution in [3.05, 3.63) is 38.9 Å². The van der Waals surface area contributed by atoms with Crippen molar-refractivity contribution in [3.63, 3.8) is 0 Å². The molecule has 1 amide bonds. The third kappa shape index (κ3) is 4.71. The van der Waals surface area contributed by atoms with Crippen molar-refractivity contribution < 1.29 is 14.5 Å². The lowest BCUT2D eigenvalue weighted by Crippen LogP contribution is -2.20. The van der Waals surface area contributed by atoms with Gasteiger partial charge in [0.05, 0.1) is 4.92 Å². The topological polar surface area (TPSA) is 107 Å². The van der Waals surface area contributed by atoms with E-state index in [1.165, 1.54) is 29.5 Å². The normalized spacial score (nSPS) is 10.3. The van der Waals surface area contributed by atoms with Crippen molar-refractivity contribution in [2.24, 2.45) is 0 Å². The van der Waals surface area contributed by atoms with E-state index in [-0.39, 0.29) is 18.2 Å². The molecule has 122 valence electrons. The first kappa shape index (κ1) is 16.8. The molecule has 1 aromatic carbocycles. The summed E-state index contributed by atoms with van der Waals surface area (Å²) < 4.78 is 5.33. The zero-order chi connectivity index (χ0) is 16.8. The highest BCUT2D eigenvalue weighted by Gasteiger charge is 2.12. The zero-order valence-electron chi connectivity index (χ0n) is 12.7. The number of ether oxygens (including phenoxy) is 1. The maximum Gasteiger partial charge on any atom is 0.272 e. The van der Waals surface area contributed by atoms with Crippen LogP contribution >= 0.6 is 11.3 Å². The summed E-state index contributed by atoms with van der Waals surface area (Å²) in [6.45, 7) is 3.45. The molecule has 0 spiro atoms. The van der Waals surface area contributed by atoms with E-state index in [0.717, 1.165) is 17.8 Å². The average molecular weight is 336 g/mol. The van der Waals surface area contributed by atoms with Crippen molar-refractivity contribution >= 4 is 28.1 Å². The van der Waals surface area contributed by atoms with Gasteiger partial charge in [-0.2, -0.15) is 0 Å². The Balaban J connectivity index is 1.88. The van der Waals surface area contributed by atoms with E-state index in [1.807, 2.05) is 6.92 Å². The van der Waals surface area contributed by atoms with E-state index in [2.05, 4.69) is 15.5 Å². The molecule has 2 aromatic rings. The van der Waals surface area contributed by atoms with E-state index in [4.69, 9.17) is 4.74 Å². The first-order valence-corrected chi connectivity index (χ1v) is 7.81. The molecule has 1 heterocycles. The van der Waals surface area contributed by atoms with Gasteiger partial charge in [0.15, 0.2) is 6.61 Å². The van der Waals surface area contributed by atoms with Crippen LogP contribution in [0.4, 0.5) is 10.8 Å². The van der Waals surface area contributed by atoms with Crippen LogP contribution in [-0.4, -0.2) is 27.6 Å². The molecule has 1 aromatic heterocycles. The molecule has 9 heteroatoms. The van der Waals surface area contributed by atoms with Crippen molar-refractivity contribution in [2.75, 3.05) is 11.9 Å². The first-order chi connectivity index (χ1) is 11.0. The van der Waals surface area contributed by atoms with Gasteiger partial charge in [-0.25, -0.2) is 0 Å². The van der Waals surface area contributed by atoms with Crippen molar-refractivity contribution in [2.45, 2.75) is 26.7 Å². The van der Waals surface area contributed by atoms with Gasteiger partial charge in [-0.05, 0) is 25.5 Å². The average Bonchev–Trinajstić information content (AvgIpc) is 2.92. The number of hydrogen-bond acceptors (Lipinski definition) is 7. The van der Waals surface area contributed by atoms with Gasteiger partial charge in [0.1, 0.15) is 10.8 Å². The van der Waals surface area contributed by atoms with E-state index in [0.29, 0.717) is 16.4 Å². The predicted molar refractivity (Wildman–Crippen MR) is 85.9 cm³/mol. The smallest absolute Gasteiger partial charge is 0.272 e. The minimum Gasteiger partial charge on any atom is -0.484 e. The van der Waals surface area contributed by atoms with Gasteiger partial charge in [-0.3, -0.25) is 20.2 Å². The number of nitro benzene ring substituents is 1. The molecule has 0 saturated heterocycles. The number of aromatic nitrogens is 2. The molecule has 23 heavy (non-hydrogen) atoms. The molecule has 8 nitrogen and oxygen atoms in total. The largest absolute Gasteiger partial charge is 0.484 e. The maximum atomic E-state index is 11.8. The van der Waals surface area contributed by atoms with Gasteiger partial charge >= 0.3 is 0 Å². The Morgan fingerprint density at radius 1 is 1.43 bits per heavy atom. The van der Waals surface area contributed by atoms with Gasteiger partial charge < -0.3 is 4.74 Å². The highest BCUT2D eigenvalue weighted by atomic mass is 32.1. The Hall–Kier alpha value is -2.55.